The van der Waals surface area contributed by atoms with Gasteiger partial charge in [-0.05, 0) is 38.5 Å². The van der Waals surface area contributed by atoms with Gasteiger partial charge in [0.15, 0.2) is 0 Å². The molecule has 0 fully saturated rings. The lowest BCUT2D eigenvalue weighted by Gasteiger charge is -2.18. The molecule has 0 aliphatic carbocycles. The van der Waals surface area contributed by atoms with Gasteiger partial charge in [0, 0.05) is 0 Å². The molecule has 0 N–H and O–H groups in total. The van der Waals surface area contributed by atoms with E-state index in [1.807, 2.05) is 6.08 Å². The van der Waals surface area contributed by atoms with E-state index in [0.717, 1.165) is 38.5 Å². The second-order valence-electron chi connectivity index (χ2n) is 3.32. The van der Waals surface area contributed by atoms with Gasteiger partial charge in [0.1, 0.15) is 9.17 Å². The first kappa shape index (κ1) is 14.9. The topological polar surface area (TPSA) is 0 Å². The fourth-order valence-electron chi connectivity index (χ4n) is 1.15. The van der Waals surface area contributed by atoms with E-state index in [1.165, 1.54) is 0 Å². The van der Waals surface area contributed by atoms with Crippen molar-refractivity contribution in [3.8, 4) is 0 Å². The summed E-state index contributed by atoms with van der Waals surface area (Å²) in [6.45, 7) is 3.64. The molecule has 0 aliphatic rings. The molecule has 4 heteroatoms. The molecule has 0 aromatic rings. The predicted molar refractivity (Wildman–Crippen MR) is 67.8 cm³/mol. The van der Waals surface area contributed by atoms with Crippen molar-refractivity contribution < 1.29 is 0 Å². The minimum Gasteiger partial charge on any atom is -0.105 e. The Labute approximate surface area is 107 Å². The van der Waals surface area contributed by atoms with E-state index in [-0.39, 0.29) is 4.84 Å². The maximum Gasteiger partial charge on any atom is 0.118 e. The number of hydrogen-bond acceptors (Lipinski definition) is 0. The van der Waals surface area contributed by atoms with Gasteiger partial charge in [-0.15, -0.1) is 53.0 Å². The lowest BCUT2D eigenvalue weighted by molar-refractivity contribution is 0.575. The highest BCUT2D eigenvalue weighted by atomic mass is 35.5. The third-order valence-electron chi connectivity index (χ3n) is 1.92. The fourth-order valence-corrected chi connectivity index (χ4v) is 1.99. The lowest BCUT2D eigenvalue weighted by Crippen LogP contribution is -2.12. The third kappa shape index (κ3) is 9.45. The summed E-state index contributed by atoms with van der Waals surface area (Å²) in [5.41, 5.74) is 0. The zero-order valence-electron chi connectivity index (χ0n) is 8.12. The van der Waals surface area contributed by atoms with Crippen LogP contribution in [0.2, 0.25) is 0 Å². The van der Waals surface area contributed by atoms with Gasteiger partial charge >= 0.3 is 0 Å². The molecule has 0 heterocycles. The Kier molecular flexibility index (Phi) is 8.62. The van der Waals surface area contributed by atoms with Crippen LogP contribution in [0.1, 0.15) is 38.5 Å². The highest BCUT2D eigenvalue weighted by molar-refractivity contribution is 6.48. The molecule has 0 aliphatic heterocycles. The van der Waals surface area contributed by atoms with Crippen LogP contribution in [0.3, 0.4) is 0 Å². The Hall–Kier alpha value is 0.900. The number of halogens is 4. The van der Waals surface area contributed by atoms with Crippen molar-refractivity contribution in [2.24, 2.45) is 0 Å². The highest BCUT2D eigenvalue weighted by Crippen LogP contribution is 2.33. The van der Waals surface area contributed by atoms with Crippen LogP contribution < -0.4 is 0 Å². The molecule has 0 bridgehead atoms. The summed E-state index contributed by atoms with van der Waals surface area (Å²) in [5, 5.41) is 0. The maximum atomic E-state index is 6.10. The summed E-state index contributed by atoms with van der Waals surface area (Å²) in [7, 11) is 0. The van der Waals surface area contributed by atoms with Crippen molar-refractivity contribution in [2.45, 2.75) is 47.7 Å². The van der Waals surface area contributed by atoms with Gasteiger partial charge in [-0.25, -0.2) is 0 Å². The van der Waals surface area contributed by atoms with Crippen LogP contribution in [-0.4, -0.2) is 9.17 Å². The van der Waals surface area contributed by atoms with E-state index in [4.69, 9.17) is 46.4 Å². The molecular formula is C10H16Cl4. The zero-order valence-corrected chi connectivity index (χ0v) is 11.1. The Morgan fingerprint density at radius 3 is 2.21 bits per heavy atom. The summed E-state index contributed by atoms with van der Waals surface area (Å²) in [5.74, 6) is 0. The molecular weight excluding hydrogens is 262 g/mol. The van der Waals surface area contributed by atoms with Crippen LogP contribution in [0, 0.1) is 0 Å². The number of unbranched alkanes of at least 4 members (excludes halogenated alkanes) is 1. The van der Waals surface area contributed by atoms with E-state index >= 15 is 0 Å². The van der Waals surface area contributed by atoms with E-state index in [9.17, 15) is 0 Å². The first-order valence-electron chi connectivity index (χ1n) is 4.75. The van der Waals surface area contributed by atoms with Gasteiger partial charge < -0.3 is 0 Å². The van der Waals surface area contributed by atoms with Crippen LogP contribution in [0.15, 0.2) is 12.7 Å². The van der Waals surface area contributed by atoms with Crippen LogP contribution >= 0.6 is 46.4 Å². The third-order valence-corrected chi connectivity index (χ3v) is 3.11. The molecule has 84 valence electrons. The van der Waals surface area contributed by atoms with Crippen LogP contribution in [0.5, 0.6) is 0 Å². The van der Waals surface area contributed by atoms with Crippen molar-refractivity contribution in [2.75, 3.05) is 0 Å². The van der Waals surface area contributed by atoms with Crippen molar-refractivity contribution in [3.05, 3.63) is 12.7 Å². The SMILES string of the molecule is C=CCCCC(Cl)(Cl)CCCC(Cl)Cl. The maximum absolute atomic E-state index is 6.10. The van der Waals surface area contributed by atoms with E-state index < -0.39 is 4.33 Å². The van der Waals surface area contributed by atoms with Crippen molar-refractivity contribution in [1.82, 2.24) is 0 Å². The van der Waals surface area contributed by atoms with Crippen LogP contribution in [0.4, 0.5) is 0 Å². The fraction of sp³-hybridized carbons (Fsp3) is 0.800. The van der Waals surface area contributed by atoms with Crippen molar-refractivity contribution in [1.29, 1.82) is 0 Å². The molecule has 14 heavy (non-hydrogen) atoms. The molecule has 0 saturated heterocycles. The van der Waals surface area contributed by atoms with Gasteiger partial charge in [-0.3, -0.25) is 0 Å². The first-order valence-corrected chi connectivity index (χ1v) is 6.38. The van der Waals surface area contributed by atoms with Gasteiger partial charge in [-0.1, -0.05) is 6.08 Å². The van der Waals surface area contributed by atoms with Crippen LogP contribution in [-0.2, 0) is 0 Å². The van der Waals surface area contributed by atoms with Gasteiger partial charge in [0.25, 0.3) is 0 Å². The molecule has 0 unspecified atom stereocenters. The average Bonchev–Trinajstić information content (AvgIpc) is 2.03. The molecule has 0 radical (unpaired) electrons. The van der Waals surface area contributed by atoms with Crippen LogP contribution in [0.25, 0.3) is 0 Å². The van der Waals surface area contributed by atoms with E-state index in [2.05, 4.69) is 6.58 Å². The Morgan fingerprint density at radius 1 is 1.14 bits per heavy atom. The molecule has 0 atom stereocenters. The molecule has 0 rings (SSSR count). The number of hydrogen-bond donors (Lipinski definition) is 0. The van der Waals surface area contributed by atoms with Gasteiger partial charge in [0.2, 0.25) is 0 Å². The van der Waals surface area contributed by atoms with Gasteiger partial charge in [0.05, 0.1) is 0 Å². The second kappa shape index (κ2) is 8.10. The second-order valence-corrected chi connectivity index (χ2v) is 6.24. The standard InChI is InChI=1S/C10H16Cl4/c1-2-3-4-7-10(13,14)8-5-6-9(11)12/h2,9H,1,3-8H2. The summed E-state index contributed by atoms with van der Waals surface area (Å²) in [6, 6.07) is 0. The number of alkyl halides is 4. The summed E-state index contributed by atoms with van der Waals surface area (Å²) < 4.78 is -0.633. The minimum absolute atomic E-state index is 0.313. The molecule has 0 aromatic heterocycles. The van der Waals surface area contributed by atoms with E-state index in [0.29, 0.717) is 0 Å². The normalized spacial score (nSPS) is 12.1. The van der Waals surface area contributed by atoms with E-state index in [1.54, 1.807) is 0 Å². The van der Waals surface area contributed by atoms with Gasteiger partial charge in [-0.2, -0.15) is 0 Å². The highest BCUT2D eigenvalue weighted by Gasteiger charge is 2.22. The average molecular weight is 278 g/mol. The molecule has 0 nitrogen and oxygen atoms in total. The number of allylic oxidation sites excluding steroid dienone is 1. The molecule has 0 amide bonds. The van der Waals surface area contributed by atoms with Crippen molar-refractivity contribution in [3.63, 3.8) is 0 Å². The molecule has 0 saturated carbocycles. The Balaban J connectivity index is 3.55. The Bertz CT molecular complexity index is 154. The lowest BCUT2D eigenvalue weighted by atomic mass is 10.1. The molecule has 0 aromatic carbocycles. The number of rotatable bonds is 8. The monoisotopic (exact) mass is 276 g/mol. The zero-order chi connectivity index (χ0) is 11.0. The quantitative estimate of drug-likeness (QED) is 0.313. The Morgan fingerprint density at radius 2 is 1.71 bits per heavy atom. The summed E-state index contributed by atoms with van der Waals surface area (Å²) in [4.78, 5) is -0.313. The summed E-state index contributed by atoms with van der Waals surface area (Å²) in [6.07, 6.45) is 6.93. The minimum atomic E-state index is -0.633. The summed E-state index contributed by atoms with van der Waals surface area (Å²) >= 11 is 23.4. The predicted octanol–water partition coefficient (Wildman–Crippen LogP) is 5.49. The largest absolute Gasteiger partial charge is 0.118 e. The molecule has 0 spiro atoms. The smallest absolute Gasteiger partial charge is 0.105 e. The van der Waals surface area contributed by atoms with Crippen molar-refractivity contribution >= 4 is 46.4 Å². The first-order chi connectivity index (χ1) is 6.48.